The van der Waals surface area contributed by atoms with Gasteiger partial charge in [-0.05, 0) is 44.2 Å². The molecule has 2 N–H and O–H groups in total. The molecule has 22 heavy (non-hydrogen) atoms. The summed E-state index contributed by atoms with van der Waals surface area (Å²) in [5.74, 6) is 0. The van der Waals surface area contributed by atoms with E-state index in [1.165, 1.54) is 22.0 Å². The maximum atomic E-state index is 4.40. The molecule has 2 rings (SSSR count). The average Bonchev–Trinajstić information content (AvgIpc) is 2.78. The first-order chi connectivity index (χ1) is 10.1. The van der Waals surface area contributed by atoms with E-state index in [1.807, 2.05) is 0 Å². The van der Waals surface area contributed by atoms with Gasteiger partial charge in [-0.25, -0.2) is 0 Å². The van der Waals surface area contributed by atoms with Crippen molar-refractivity contribution in [1.82, 2.24) is 10.3 Å². The molecular weight excluding hydrogens is 268 g/mol. The smallest absolute Gasteiger partial charge is 0.0456 e. The van der Waals surface area contributed by atoms with Crippen molar-refractivity contribution in [3.05, 3.63) is 48.2 Å². The molecule has 120 valence electrons. The topological polar surface area (TPSA) is 27.8 Å². The average molecular weight is 298 g/mol. The summed E-state index contributed by atoms with van der Waals surface area (Å²) < 4.78 is 0. The van der Waals surface area contributed by atoms with Gasteiger partial charge in [-0.15, -0.1) is 0 Å². The molecule has 0 saturated heterocycles. The highest BCUT2D eigenvalue weighted by atomic mass is 15.0. The highest BCUT2D eigenvalue weighted by Gasteiger charge is 2.27. The molecule has 2 aromatic rings. The van der Waals surface area contributed by atoms with Crippen LogP contribution >= 0.6 is 0 Å². The molecule has 0 unspecified atom stereocenters. The van der Waals surface area contributed by atoms with Crippen LogP contribution < -0.4 is 5.32 Å². The maximum absolute atomic E-state index is 4.40. The van der Waals surface area contributed by atoms with E-state index in [0.717, 1.165) is 6.42 Å². The molecule has 2 heteroatoms. The van der Waals surface area contributed by atoms with E-state index in [1.54, 1.807) is 0 Å². The minimum atomic E-state index is 0.0605. The van der Waals surface area contributed by atoms with Gasteiger partial charge in [-0.2, -0.15) is 0 Å². The molecule has 0 aliphatic rings. The van der Waals surface area contributed by atoms with Gasteiger partial charge in [0, 0.05) is 28.7 Å². The van der Waals surface area contributed by atoms with Gasteiger partial charge in [0.15, 0.2) is 0 Å². The van der Waals surface area contributed by atoms with Crippen molar-refractivity contribution in [3.63, 3.8) is 0 Å². The summed E-state index contributed by atoms with van der Waals surface area (Å²) in [6, 6.07) is 8.75. The summed E-state index contributed by atoms with van der Waals surface area (Å²) in [4.78, 5) is 3.38. The van der Waals surface area contributed by atoms with E-state index in [-0.39, 0.29) is 17.0 Å². The SMILES string of the molecule is C=C([C@@H](Cc1c[nH]c2ccccc12)NC(C)(C)C)C(C)(C)C. The van der Waals surface area contributed by atoms with Crippen molar-refractivity contribution in [2.24, 2.45) is 5.41 Å². The Bertz CT molecular complexity index is 650. The fraction of sp³-hybridized carbons (Fsp3) is 0.500. The number of rotatable bonds is 4. The lowest BCUT2D eigenvalue weighted by atomic mass is 9.80. The van der Waals surface area contributed by atoms with Crippen LogP contribution in [-0.4, -0.2) is 16.6 Å². The molecule has 0 fully saturated rings. The van der Waals surface area contributed by atoms with Gasteiger partial charge in [0.05, 0.1) is 0 Å². The summed E-state index contributed by atoms with van der Waals surface area (Å²) in [6.45, 7) is 17.8. The molecular formula is C20H30N2. The van der Waals surface area contributed by atoms with E-state index >= 15 is 0 Å². The molecule has 1 aromatic heterocycles. The summed E-state index contributed by atoms with van der Waals surface area (Å²) in [5, 5.41) is 5.06. The molecule has 0 bridgehead atoms. The summed E-state index contributed by atoms with van der Waals surface area (Å²) in [5.41, 5.74) is 3.96. The van der Waals surface area contributed by atoms with Crippen molar-refractivity contribution in [2.45, 2.75) is 59.5 Å². The zero-order valence-electron chi connectivity index (χ0n) is 14.9. The second-order valence-electron chi connectivity index (χ2n) is 8.29. The summed E-state index contributed by atoms with van der Waals surface area (Å²) >= 11 is 0. The third-order valence-electron chi connectivity index (χ3n) is 4.09. The molecule has 1 heterocycles. The number of nitrogens with one attached hydrogen (secondary N) is 2. The highest BCUT2D eigenvalue weighted by molar-refractivity contribution is 5.83. The molecule has 0 saturated carbocycles. The van der Waals surface area contributed by atoms with Crippen LogP contribution in [0.15, 0.2) is 42.6 Å². The summed E-state index contributed by atoms with van der Waals surface area (Å²) in [7, 11) is 0. The largest absolute Gasteiger partial charge is 0.361 e. The first-order valence-electron chi connectivity index (χ1n) is 8.10. The highest BCUT2D eigenvalue weighted by Crippen LogP contribution is 2.30. The molecule has 0 radical (unpaired) electrons. The molecule has 2 nitrogen and oxygen atoms in total. The minimum absolute atomic E-state index is 0.0605. The van der Waals surface area contributed by atoms with Crippen molar-refractivity contribution < 1.29 is 0 Å². The van der Waals surface area contributed by atoms with E-state index < -0.39 is 0 Å². The maximum Gasteiger partial charge on any atom is 0.0456 e. The van der Waals surface area contributed by atoms with E-state index in [2.05, 4.69) is 88.9 Å². The minimum Gasteiger partial charge on any atom is -0.361 e. The number of hydrogen-bond acceptors (Lipinski definition) is 1. The van der Waals surface area contributed by atoms with Gasteiger partial charge >= 0.3 is 0 Å². The van der Waals surface area contributed by atoms with Crippen LogP contribution in [-0.2, 0) is 6.42 Å². The number of aromatic amines is 1. The summed E-state index contributed by atoms with van der Waals surface area (Å²) in [6.07, 6.45) is 3.09. The monoisotopic (exact) mass is 298 g/mol. The van der Waals surface area contributed by atoms with E-state index in [9.17, 15) is 0 Å². The van der Waals surface area contributed by atoms with Crippen LogP contribution in [0.4, 0.5) is 0 Å². The first-order valence-corrected chi connectivity index (χ1v) is 8.10. The number of benzene rings is 1. The first kappa shape index (κ1) is 16.8. The van der Waals surface area contributed by atoms with Crippen molar-refractivity contribution in [1.29, 1.82) is 0 Å². The number of aromatic nitrogens is 1. The van der Waals surface area contributed by atoms with E-state index in [4.69, 9.17) is 0 Å². The van der Waals surface area contributed by atoms with Crippen LogP contribution in [0.25, 0.3) is 10.9 Å². The standard InChI is InChI=1S/C20H30N2/c1-14(19(2,3)4)18(22-20(5,6)7)12-15-13-21-17-11-9-8-10-16(15)17/h8-11,13,18,21-22H,1,12H2,2-7H3/t18-/m1/s1. The van der Waals surface area contributed by atoms with Gasteiger partial charge in [-0.3, -0.25) is 0 Å². The van der Waals surface area contributed by atoms with E-state index in [0.29, 0.717) is 0 Å². The Labute approximate surface area is 135 Å². The van der Waals surface area contributed by atoms with Gasteiger partial charge in [0.2, 0.25) is 0 Å². The number of H-pyrrole nitrogens is 1. The predicted molar refractivity (Wildman–Crippen MR) is 97.3 cm³/mol. The Morgan fingerprint density at radius 2 is 1.77 bits per heavy atom. The number of fused-ring (bicyclic) bond motifs is 1. The molecule has 1 atom stereocenters. The number of hydrogen-bond donors (Lipinski definition) is 2. The Hall–Kier alpha value is -1.54. The van der Waals surface area contributed by atoms with Crippen LogP contribution in [0.1, 0.15) is 47.1 Å². The normalized spacial score (nSPS) is 14.3. The third kappa shape index (κ3) is 4.01. The fourth-order valence-corrected chi connectivity index (χ4v) is 2.83. The molecule has 1 aromatic carbocycles. The van der Waals surface area contributed by atoms with Crippen LogP contribution in [0, 0.1) is 5.41 Å². The molecule has 0 amide bonds. The molecule has 0 aliphatic heterocycles. The lowest BCUT2D eigenvalue weighted by Gasteiger charge is -2.35. The Balaban J connectivity index is 2.32. The molecule has 0 spiro atoms. The zero-order valence-corrected chi connectivity index (χ0v) is 14.9. The second-order valence-corrected chi connectivity index (χ2v) is 8.29. The van der Waals surface area contributed by atoms with Crippen molar-refractivity contribution in [3.8, 4) is 0 Å². The second kappa shape index (κ2) is 5.92. The Morgan fingerprint density at radius 1 is 1.14 bits per heavy atom. The molecule has 0 aliphatic carbocycles. The zero-order chi connectivity index (χ0) is 16.5. The van der Waals surface area contributed by atoms with Crippen LogP contribution in [0.3, 0.4) is 0 Å². The van der Waals surface area contributed by atoms with Crippen LogP contribution in [0.5, 0.6) is 0 Å². The Morgan fingerprint density at radius 3 is 2.36 bits per heavy atom. The third-order valence-corrected chi connectivity index (χ3v) is 4.09. The van der Waals surface area contributed by atoms with Gasteiger partial charge in [0.25, 0.3) is 0 Å². The van der Waals surface area contributed by atoms with Gasteiger partial charge < -0.3 is 10.3 Å². The van der Waals surface area contributed by atoms with Crippen molar-refractivity contribution in [2.75, 3.05) is 0 Å². The lowest BCUT2D eigenvalue weighted by molar-refractivity contribution is 0.343. The quantitative estimate of drug-likeness (QED) is 0.758. The number of para-hydroxylation sites is 1. The Kier molecular flexibility index (Phi) is 4.53. The van der Waals surface area contributed by atoms with Gasteiger partial charge in [-0.1, -0.05) is 51.1 Å². The predicted octanol–water partition coefficient (Wildman–Crippen LogP) is 5.07. The fourth-order valence-electron chi connectivity index (χ4n) is 2.83. The lowest BCUT2D eigenvalue weighted by Crippen LogP contribution is -2.47. The van der Waals surface area contributed by atoms with Crippen LogP contribution in [0.2, 0.25) is 0 Å². The van der Waals surface area contributed by atoms with Gasteiger partial charge in [0.1, 0.15) is 0 Å². The van der Waals surface area contributed by atoms with Crippen molar-refractivity contribution >= 4 is 10.9 Å².